The van der Waals surface area contributed by atoms with Crippen molar-refractivity contribution in [1.82, 2.24) is 14.8 Å². The van der Waals surface area contributed by atoms with Gasteiger partial charge in [0.15, 0.2) is 0 Å². The summed E-state index contributed by atoms with van der Waals surface area (Å²) in [5.74, 6) is 0. The number of benzene rings is 1. The van der Waals surface area contributed by atoms with Gasteiger partial charge in [-0.3, -0.25) is 0 Å². The SMILES string of the molecule is NC(=S)c1cc(Cl)ccc1-n1cncn1. The van der Waals surface area contributed by atoms with Crippen LogP contribution < -0.4 is 5.73 Å². The normalized spacial score (nSPS) is 10.2. The molecule has 0 fully saturated rings. The zero-order valence-electron chi connectivity index (χ0n) is 7.59. The van der Waals surface area contributed by atoms with Crippen LogP contribution in [0.15, 0.2) is 30.9 Å². The van der Waals surface area contributed by atoms with Crippen molar-refractivity contribution in [1.29, 1.82) is 0 Å². The number of aromatic nitrogens is 3. The molecular weight excluding hydrogens is 232 g/mol. The minimum Gasteiger partial charge on any atom is -0.389 e. The van der Waals surface area contributed by atoms with Crippen LogP contribution in [0.2, 0.25) is 5.02 Å². The first-order valence-corrected chi connectivity index (χ1v) is 4.91. The third-order valence-corrected chi connectivity index (χ3v) is 2.34. The Bertz CT molecular complexity index is 495. The van der Waals surface area contributed by atoms with Gasteiger partial charge in [0.25, 0.3) is 0 Å². The van der Waals surface area contributed by atoms with Crippen molar-refractivity contribution in [3.05, 3.63) is 41.4 Å². The first-order chi connectivity index (χ1) is 7.18. The van der Waals surface area contributed by atoms with Gasteiger partial charge in [0, 0.05) is 10.6 Å². The second-order valence-electron chi connectivity index (χ2n) is 2.87. The predicted molar refractivity (Wildman–Crippen MR) is 62.3 cm³/mol. The molecule has 1 aromatic heterocycles. The van der Waals surface area contributed by atoms with Crippen LogP contribution in [0.4, 0.5) is 0 Å². The van der Waals surface area contributed by atoms with Gasteiger partial charge in [-0.15, -0.1) is 0 Å². The molecule has 0 saturated heterocycles. The van der Waals surface area contributed by atoms with E-state index in [1.54, 1.807) is 29.2 Å². The van der Waals surface area contributed by atoms with Gasteiger partial charge in [0.1, 0.15) is 17.6 Å². The van der Waals surface area contributed by atoms with Gasteiger partial charge in [-0.1, -0.05) is 23.8 Å². The lowest BCUT2D eigenvalue weighted by atomic mass is 10.2. The third kappa shape index (κ3) is 1.98. The lowest BCUT2D eigenvalue weighted by Crippen LogP contribution is -2.13. The van der Waals surface area contributed by atoms with Crippen molar-refractivity contribution in [3.63, 3.8) is 0 Å². The lowest BCUT2D eigenvalue weighted by molar-refractivity contribution is 0.877. The molecule has 0 aliphatic rings. The Morgan fingerprint density at radius 2 is 2.27 bits per heavy atom. The van der Waals surface area contributed by atoms with E-state index in [9.17, 15) is 0 Å². The Morgan fingerprint density at radius 3 is 2.87 bits per heavy atom. The van der Waals surface area contributed by atoms with Crippen molar-refractivity contribution < 1.29 is 0 Å². The molecule has 2 aromatic rings. The highest BCUT2D eigenvalue weighted by Gasteiger charge is 2.08. The monoisotopic (exact) mass is 238 g/mol. The second-order valence-corrected chi connectivity index (χ2v) is 3.74. The van der Waals surface area contributed by atoms with E-state index in [2.05, 4.69) is 10.1 Å². The summed E-state index contributed by atoms with van der Waals surface area (Å²) in [6.45, 7) is 0. The molecule has 1 aromatic carbocycles. The third-order valence-electron chi connectivity index (χ3n) is 1.89. The highest BCUT2D eigenvalue weighted by atomic mass is 35.5. The fraction of sp³-hybridized carbons (Fsp3) is 0. The summed E-state index contributed by atoms with van der Waals surface area (Å²) in [5.41, 5.74) is 7.05. The minimum atomic E-state index is 0.281. The number of nitrogens with zero attached hydrogens (tertiary/aromatic N) is 3. The Labute approximate surface area is 96.7 Å². The predicted octanol–water partition coefficient (Wildman–Crippen LogP) is 1.55. The summed E-state index contributed by atoms with van der Waals surface area (Å²) in [6.07, 6.45) is 3.02. The lowest BCUT2D eigenvalue weighted by Gasteiger charge is -2.07. The van der Waals surface area contributed by atoms with E-state index >= 15 is 0 Å². The topological polar surface area (TPSA) is 56.7 Å². The van der Waals surface area contributed by atoms with Gasteiger partial charge < -0.3 is 5.73 Å². The van der Waals surface area contributed by atoms with E-state index < -0.39 is 0 Å². The molecule has 4 nitrogen and oxygen atoms in total. The number of hydrogen-bond donors (Lipinski definition) is 1. The highest BCUT2D eigenvalue weighted by Crippen LogP contribution is 2.18. The van der Waals surface area contributed by atoms with Crippen LogP contribution >= 0.6 is 23.8 Å². The van der Waals surface area contributed by atoms with E-state index in [0.29, 0.717) is 10.6 Å². The molecule has 2 rings (SSSR count). The molecule has 76 valence electrons. The van der Waals surface area contributed by atoms with Crippen LogP contribution in [0, 0.1) is 0 Å². The molecular formula is C9H7ClN4S. The van der Waals surface area contributed by atoms with Crippen molar-refractivity contribution >= 4 is 28.8 Å². The van der Waals surface area contributed by atoms with Crippen LogP contribution in [0.3, 0.4) is 0 Å². The number of nitrogens with two attached hydrogens (primary N) is 1. The van der Waals surface area contributed by atoms with Gasteiger partial charge in [-0.2, -0.15) is 5.10 Å². The standard InChI is InChI=1S/C9H7ClN4S/c10-6-1-2-8(7(3-6)9(11)15)14-5-12-4-13-14/h1-5H,(H2,11,15). The average Bonchev–Trinajstić information content (AvgIpc) is 2.70. The van der Waals surface area contributed by atoms with Crippen molar-refractivity contribution in [2.24, 2.45) is 5.73 Å². The molecule has 0 bridgehead atoms. The van der Waals surface area contributed by atoms with E-state index in [-0.39, 0.29) is 4.99 Å². The van der Waals surface area contributed by atoms with Crippen molar-refractivity contribution in [2.45, 2.75) is 0 Å². The number of halogens is 1. The molecule has 0 spiro atoms. The quantitative estimate of drug-likeness (QED) is 0.807. The molecule has 0 atom stereocenters. The molecule has 0 unspecified atom stereocenters. The number of rotatable bonds is 2. The summed E-state index contributed by atoms with van der Waals surface area (Å²) in [5, 5.41) is 4.59. The fourth-order valence-electron chi connectivity index (χ4n) is 1.24. The molecule has 0 radical (unpaired) electrons. The smallest absolute Gasteiger partial charge is 0.138 e. The van der Waals surface area contributed by atoms with Crippen LogP contribution in [-0.4, -0.2) is 19.8 Å². The molecule has 2 N–H and O–H groups in total. The Balaban J connectivity index is 2.61. The Kier molecular flexibility index (Phi) is 2.66. The van der Waals surface area contributed by atoms with Crippen LogP contribution in [0.25, 0.3) is 5.69 Å². The molecule has 0 saturated carbocycles. The summed E-state index contributed by atoms with van der Waals surface area (Å²) >= 11 is 10.8. The minimum absolute atomic E-state index is 0.281. The Morgan fingerprint density at radius 1 is 1.47 bits per heavy atom. The van der Waals surface area contributed by atoms with Crippen LogP contribution in [-0.2, 0) is 0 Å². The van der Waals surface area contributed by atoms with E-state index in [1.165, 1.54) is 6.33 Å². The van der Waals surface area contributed by atoms with Gasteiger partial charge in [0.2, 0.25) is 0 Å². The van der Waals surface area contributed by atoms with E-state index in [0.717, 1.165) is 5.69 Å². The highest BCUT2D eigenvalue weighted by molar-refractivity contribution is 7.80. The first kappa shape index (κ1) is 10.1. The summed E-state index contributed by atoms with van der Waals surface area (Å²) < 4.78 is 1.59. The number of thiocarbonyl (C=S) groups is 1. The largest absolute Gasteiger partial charge is 0.389 e. The summed E-state index contributed by atoms with van der Waals surface area (Å²) in [7, 11) is 0. The van der Waals surface area contributed by atoms with E-state index in [4.69, 9.17) is 29.6 Å². The van der Waals surface area contributed by atoms with E-state index in [1.807, 2.05) is 0 Å². The Hall–Kier alpha value is -1.46. The molecule has 1 heterocycles. The van der Waals surface area contributed by atoms with Gasteiger partial charge in [0.05, 0.1) is 5.69 Å². The summed E-state index contributed by atoms with van der Waals surface area (Å²) in [4.78, 5) is 4.14. The summed E-state index contributed by atoms with van der Waals surface area (Å²) in [6, 6.07) is 5.26. The second kappa shape index (κ2) is 3.96. The van der Waals surface area contributed by atoms with Gasteiger partial charge >= 0.3 is 0 Å². The van der Waals surface area contributed by atoms with Gasteiger partial charge in [-0.05, 0) is 18.2 Å². The maximum Gasteiger partial charge on any atom is 0.138 e. The van der Waals surface area contributed by atoms with Crippen LogP contribution in [0.5, 0.6) is 0 Å². The molecule has 15 heavy (non-hydrogen) atoms. The molecule has 0 amide bonds. The number of hydrogen-bond acceptors (Lipinski definition) is 3. The maximum atomic E-state index is 5.86. The zero-order valence-corrected chi connectivity index (χ0v) is 9.16. The van der Waals surface area contributed by atoms with Crippen molar-refractivity contribution in [3.8, 4) is 5.69 Å². The van der Waals surface area contributed by atoms with Gasteiger partial charge in [-0.25, -0.2) is 9.67 Å². The fourth-order valence-corrected chi connectivity index (χ4v) is 1.57. The maximum absolute atomic E-state index is 5.86. The van der Waals surface area contributed by atoms with Crippen LogP contribution in [0.1, 0.15) is 5.56 Å². The molecule has 6 heteroatoms. The van der Waals surface area contributed by atoms with Crippen molar-refractivity contribution in [2.75, 3.05) is 0 Å². The zero-order chi connectivity index (χ0) is 10.8. The first-order valence-electron chi connectivity index (χ1n) is 4.13. The average molecular weight is 239 g/mol. The molecule has 0 aliphatic carbocycles. The molecule has 0 aliphatic heterocycles.